The Labute approximate surface area is 124 Å². The number of benzene rings is 2. The van der Waals surface area contributed by atoms with Crippen LogP contribution in [0.4, 0.5) is 0 Å². The topological polar surface area (TPSA) is 62.9 Å². The third-order valence-corrected chi connectivity index (χ3v) is 3.41. The zero-order valence-corrected chi connectivity index (χ0v) is 11.9. The van der Waals surface area contributed by atoms with Crippen molar-refractivity contribution in [1.29, 1.82) is 0 Å². The van der Waals surface area contributed by atoms with Gasteiger partial charge in [0.1, 0.15) is 5.75 Å². The van der Waals surface area contributed by atoms with Crippen molar-refractivity contribution >= 4 is 5.84 Å². The van der Waals surface area contributed by atoms with Crippen LogP contribution in [0, 0.1) is 0 Å². The number of nitrogens with one attached hydrogen (secondary N) is 1. The van der Waals surface area contributed by atoms with Crippen molar-refractivity contribution in [2.24, 2.45) is 10.8 Å². The van der Waals surface area contributed by atoms with Crippen molar-refractivity contribution in [3.8, 4) is 5.75 Å². The summed E-state index contributed by atoms with van der Waals surface area (Å²) in [4.78, 5) is 0. The minimum atomic E-state index is -0.342. The number of para-hydroxylation sites is 1. The summed E-state index contributed by atoms with van der Waals surface area (Å²) in [5, 5.41) is 9.58. The first-order chi connectivity index (χ1) is 10.3. The molecule has 0 saturated heterocycles. The molecule has 2 aromatic rings. The number of nitrogens with zero attached hydrogens (tertiary/aromatic N) is 2. The van der Waals surface area contributed by atoms with E-state index in [4.69, 9.17) is 10.5 Å². The van der Waals surface area contributed by atoms with Gasteiger partial charge in [-0.1, -0.05) is 48.5 Å². The first-order valence-corrected chi connectivity index (χ1v) is 6.82. The summed E-state index contributed by atoms with van der Waals surface area (Å²) in [6.45, 7) is 0.592. The molecule has 0 bridgehead atoms. The van der Waals surface area contributed by atoms with Gasteiger partial charge in [0, 0.05) is 11.1 Å². The molecule has 0 spiro atoms. The lowest BCUT2D eigenvalue weighted by atomic mass is 10.2. The lowest BCUT2D eigenvalue weighted by Gasteiger charge is -2.20. The molecular formula is C16H18N4O. The number of nitrogens with two attached hydrogens (primary N) is 1. The number of hydrazone groups is 1. The Balaban J connectivity index is 1.81. The quantitative estimate of drug-likeness (QED) is 0.896. The number of amidine groups is 1. The summed E-state index contributed by atoms with van der Waals surface area (Å²) < 4.78 is 5.37. The molecule has 3 rings (SSSR count). The van der Waals surface area contributed by atoms with Gasteiger partial charge in [-0.15, -0.1) is 0 Å². The SMILES string of the molecule is COc1ccccc1CN1N=C(c2ccccc2)NC1N. The molecule has 1 heterocycles. The summed E-state index contributed by atoms with van der Waals surface area (Å²) in [6.07, 6.45) is -0.342. The van der Waals surface area contributed by atoms with Crippen LogP contribution < -0.4 is 15.8 Å². The fourth-order valence-electron chi connectivity index (χ4n) is 2.31. The maximum atomic E-state index is 6.11. The Hall–Kier alpha value is -2.53. The van der Waals surface area contributed by atoms with Crippen LogP contribution in [0.5, 0.6) is 5.75 Å². The number of ether oxygens (including phenoxy) is 1. The Kier molecular flexibility index (Phi) is 3.75. The Morgan fingerprint density at radius 2 is 1.86 bits per heavy atom. The first kappa shape index (κ1) is 13.5. The molecule has 1 unspecified atom stereocenters. The average molecular weight is 282 g/mol. The molecule has 5 nitrogen and oxygen atoms in total. The van der Waals surface area contributed by atoms with Gasteiger partial charge in [-0.3, -0.25) is 10.7 Å². The number of rotatable bonds is 4. The van der Waals surface area contributed by atoms with Crippen molar-refractivity contribution in [3.05, 3.63) is 65.7 Å². The summed E-state index contributed by atoms with van der Waals surface area (Å²) in [7, 11) is 1.67. The van der Waals surface area contributed by atoms with Gasteiger partial charge in [0.2, 0.25) is 0 Å². The van der Waals surface area contributed by atoms with E-state index >= 15 is 0 Å². The normalized spacial score (nSPS) is 17.3. The van der Waals surface area contributed by atoms with Crippen LogP contribution in [0.15, 0.2) is 59.7 Å². The Bertz CT molecular complexity index is 642. The molecule has 21 heavy (non-hydrogen) atoms. The maximum absolute atomic E-state index is 6.11. The molecule has 1 aliphatic rings. The van der Waals surface area contributed by atoms with E-state index in [-0.39, 0.29) is 6.29 Å². The van der Waals surface area contributed by atoms with Gasteiger partial charge in [-0.2, -0.15) is 5.10 Å². The van der Waals surface area contributed by atoms with E-state index < -0.39 is 0 Å². The summed E-state index contributed by atoms with van der Waals surface area (Å²) >= 11 is 0. The molecule has 108 valence electrons. The van der Waals surface area contributed by atoms with Gasteiger partial charge >= 0.3 is 0 Å². The standard InChI is InChI=1S/C16H18N4O/c1-21-14-10-6-5-9-13(14)11-20-16(17)18-15(19-20)12-7-3-2-4-8-12/h2-10,16H,11,17H2,1H3,(H,18,19). The van der Waals surface area contributed by atoms with Crippen LogP contribution in [-0.4, -0.2) is 24.2 Å². The maximum Gasteiger partial charge on any atom is 0.170 e. The van der Waals surface area contributed by atoms with E-state index in [0.29, 0.717) is 6.54 Å². The third-order valence-electron chi connectivity index (χ3n) is 3.41. The fraction of sp³-hybridized carbons (Fsp3) is 0.188. The lowest BCUT2D eigenvalue weighted by molar-refractivity contribution is 0.210. The molecule has 0 aromatic heterocycles. The summed E-state index contributed by atoms with van der Waals surface area (Å²) in [5.74, 6) is 1.63. The molecule has 1 aliphatic heterocycles. The molecule has 2 aromatic carbocycles. The molecule has 5 heteroatoms. The largest absolute Gasteiger partial charge is 0.496 e. The van der Waals surface area contributed by atoms with E-state index in [1.54, 1.807) is 7.11 Å². The van der Waals surface area contributed by atoms with E-state index in [1.165, 1.54) is 0 Å². The predicted molar refractivity (Wildman–Crippen MR) is 82.6 cm³/mol. The molecule has 1 atom stereocenters. The smallest absolute Gasteiger partial charge is 0.170 e. The molecular weight excluding hydrogens is 264 g/mol. The second kappa shape index (κ2) is 5.85. The van der Waals surface area contributed by atoms with Crippen molar-refractivity contribution in [2.45, 2.75) is 12.8 Å². The van der Waals surface area contributed by atoms with Crippen molar-refractivity contribution in [3.63, 3.8) is 0 Å². The van der Waals surface area contributed by atoms with Crippen LogP contribution in [0.1, 0.15) is 11.1 Å². The minimum Gasteiger partial charge on any atom is -0.496 e. The number of hydrogen-bond acceptors (Lipinski definition) is 5. The summed E-state index contributed by atoms with van der Waals surface area (Å²) in [5.41, 5.74) is 8.18. The molecule has 0 amide bonds. The van der Waals surface area contributed by atoms with E-state index in [0.717, 1.165) is 22.7 Å². The zero-order valence-electron chi connectivity index (χ0n) is 11.9. The highest BCUT2D eigenvalue weighted by Crippen LogP contribution is 2.21. The molecule has 0 saturated carbocycles. The summed E-state index contributed by atoms with van der Waals surface area (Å²) in [6, 6.07) is 17.8. The highest BCUT2D eigenvalue weighted by Gasteiger charge is 2.23. The molecule has 3 N–H and O–H groups in total. The highest BCUT2D eigenvalue weighted by atomic mass is 16.5. The van der Waals surface area contributed by atoms with Gasteiger partial charge in [0.15, 0.2) is 12.1 Å². The van der Waals surface area contributed by atoms with Crippen LogP contribution >= 0.6 is 0 Å². The van der Waals surface area contributed by atoms with Gasteiger partial charge in [0.25, 0.3) is 0 Å². The van der Waals surface area contributed by atoms with Crippen LogP contribution in [0.2, 0.25) is 0 Å². The van der Waals surface area contributed by atoms with Gasteiger partial charge in [-0.25, -0.2) is 0 Å². The molecule has 0 radical (unpaired) electrons. The van der Waals surface area contributed by atoms with E-state index in [9.17, 15) is 0 Å². The Morgan fingerprint density at radius 1 is 1.14 bits per heavy atom. The van der Waals surface area contributed by atoms with Gasteiger partial charge in [-0.05, 0) is 6.07 Å². The monoisotopic (exact) mass is 282 g/mol. The van der Waals surface area contributed by atoms with Crippen LogP contribution in [0.3, 0.4) is 0 Å². The van der Waals surface area contributed by atoms with Crippen molar-refractivity contribution in [1.82, 2.24) is 10.3 Å². The number of hydrogen-bond donors (Lipinski definition) is 2. The zero-order chi connectivity index (χ0) is 14.7. The predicted octanol–water partition coefficient (Wildman–Crippen LogP) is 1.70. The second-order valence-electron chi connectivity index (χ2n) is 4.81. The lowest BCUT2D eigenvalue weighted by Crippen LogP contribution is -2.45. The Morgan fingerprint density at radius 3 is 2.62 bits per heavy atom. The minimum absolute atomic E-state index is 0.342. The van der Waals surface area contributed by atoms with Crippen molar-refractivity contribution < 1.29 is 4.74 Å². The van der Waals surface area contributed by atoms with Crippen LogP contribution in [0.25, 0.3) is 0 Å². The number of methoxy groups -OCH3 is 1. The third kappa shape index (κ3) is 2.83. The van der Waals surface area contributed by atoms with E-state index in [2.05, 4.69) is 10.4 Å². The average Bonchev–Trinajstić information content (AvgIpc) is 2.90. The first-order valence-electron chi connectivity index (χ1n) is 6.82. The van der Waals surface area contributed by atoms with Crippen molar-refractivity contribution in [2.75, 3.05) is 7.11 Å². The van der Waals surface area contributed by atoms with Crippen LogP contribution in [-0.2, 0) is 6.54 Å². The second-order valence-corrected chi connectivity index (χ2v) is 4.81. The molecule has 0 fully saturated rings. The fourth-order valence-corrected chi connectivity index (χ4v) is 2.31. The van der Waals surface area contributed by atoms with Gasteiger partial charge in [0.05, 0.1) is 13.7 Å². The highest BCUT2D eigenvalue weighted by molar-refractivity contribution is 5.99. The van der Waals surface area contributed by atoms with Gasteiger partial charge < -0.3 is 10.1 Å². The molecule has 0 aliphatic carbocycles. The van der Waals surface area contributed by atoms with E-state index in [1.807, 2.05) is 59.6 Å².